The van der Waals surface area contributed by atoms with Gasteiger partial charge < -0.3 is 0 Å². The van der Waals surface area contributed by atoms with E-state index in [1.807, 2.05) is 37.4 Å². The van der Waals surface area contributed by atoms with Gasteiger partial charge >= 0.3 is 0 Å². The summed E-state index contributed by atoms with van der Waals surface area (Å²) in [5.41, 5.74) is 2.50. The fourth-order valence-electron chi connectivity index (χ4n) is 2.45. The van der Waals surface area contributed by atoms with Crippen LogP contribution in [0.5, 0.6) is 0 Å². The van der Waals surface area contributed by atoms with E-state index >= 15 is 0 Å². The minimum absolute atomic E-state index is 0.233. The van der Waals surface area contributed by atoms with Gasteiger partial charge in [0, 0.05) is 11.9 Å². The van der Waals surface area contributed by atoms with Crippen molar-refractivity contribution in [1.29, 1.82) is 0 Å². The first-order valence-electron chi connectivity index (χ1n) is 6.93. The van der Waals surface area contributed by atoms with Crippen molar-refractivity contribution >= 4 is 28.6 Å². The van der Waals surface area contributed by atoms with E-state index in [9.17, 15) is 4.79 Å². The molecule has 0 bridgehead atoms. The lowest BCUT2D eigenvalue weighted by Crippen LogP contribution is -2.20. The van der Waals surface area contributed by atoms with Crippen molar-refractivity contribution in [3.8, 4) is 5.69 Å². The molecule has 0 saturated carbocycles. The van der Waals surface area contributed by atoms with Gasteiger partial charge in [0.2, 0.25) is 5.16 Å². The zero-order valence-corrected chi connectivity index (χ0v) is 13.3. The molecule has 0 N–H and O–H groups in total. The highest BCUT2D eigenvalue weighted by Gasteiger charge is 2.13. The number of thioether (sulfide) groups is 1. The first kappa shape index (κ1) is 13.9. The lowest BCUT2D eigenvalue weighted by molar-refractivity contribution is 0.885. The minimum Gasteiger partial charge on any atom is -0.282 e. The molecule has 0 spiro atoms. The van der Waals surface area contributed by atoms with Crippen LogP contribution in [0.15, 0.2) is 46.5 Å². The Morgan fingerprint density at radius 2 is 2.04 bits per heavy atom. The van der Waals surface area contributed by atoms with Crippen LogP contribution in [-0.4, -0.2) is 35.6 Å². The van der Waals surface area contributed by atoms with Crippen LogP contribution in [0.3, 0.4) is 0 Å². The highest BCUT2D eigenvalue weighted by Crippen LogP contribution is 2.14. The van der Waals surface area contributed by atoms with Gasteiger partial charge in [-0.25, -0.2) is 0 Å². The zero-order chi connectivity index (χ0) is 16.0. The number of fused-ring (bicyclic) bond motifs is 3. The summed E-state index contributed by atoms with van der Waals surface area (Å²) in [7, 11) is 0. The molecule has 0 radical (unpaired) electrons. The number of hydrogen-bond donors (Lipinski definition) is 0. The second-order valence-corrected chi connectivity index (χ2v) is 5.85. The van der Waals surface area contributed by atoms with Gasteiger partial charge in [0.25, 0.3) is 11.3 Å². The smallest absolute Gasteiger partial charge is 0.282 e. The number of hydrogen-bond acceptors (Lipinski definition) is 6. The number of aromatic nitrogens is 6. The fourth-order valence-corrected chi connectivity index (χ4v) is 2.79. The SMILES string of the molecule is CSc1nc2nnc3c(=O)n(-c4cccc(C)c4)ccc3n2n1. The molecule has 114 valence electrons. The summed E-state index contributed by atoms with van der Waals surface area (Å²) in [6.45, 7) is 1.98. The fraction of sp³-hybridized carbons (Fsp3) is 0.133. The predicted molar refractivity (Wildman–Crippen MR) is 88.2 cm³/mol. The Balaban J connectivity index is 2.02. The largest absolute Gasteiger partial charge is 0.285 e. The van der Waals surface area contributed by atoms with E-state index in [0.29, 0.717) is 16.5 Å². The summed E-state index contributed by atoms with van der Waals surface area (Å²) < 4.78 is 3.11. The second kappa shape index (κ2) is 5.17. The Kier molecular flexibility index (Phi) is 3.12. The lowest BCUT2D eigenvalue weighted by Gasteiger charge is -2.07. The van der Waals surface area contributed by atoms with E-state index in [1.165, 1.54) is 11.8 Å². The van der Waals surface area contributed by atoms with E-state index < -0.39 is 0 Å². The van der Waals surface area contributed by atoms with Crippen molar-refractivity contribution in [2.24, 2.45) is 0 Å². The molecule has 1 aromatic carbocycles. The van der Waals surface area contributed by atoms with Gasteiger partial charge in [0.1, 0.15) is 5.52 Å². The number of rotatable bonds is 2. The van der Waals surface area contributed by atoms with Gasteiger partial charge in [0.15, 0.2) is 5.52 Å². The molecule has 8 heteroatoms. The maximum absolute atomic E-state index is 12.8. The molecule has 0 atom stereocenters. The van der Waals surface area contributed by atoms with Crippen LogP contribution in [0.2, 0.25) is 0 Å². The molecule has 3 aromatic heterocycles. The summed E-state index contributed by atoms with van der Waals surface area (Å²) in [6.07, 6.45) is 3.61. The number of nitrogens with zero attached hydrogens (tertiary/aromatic N) is 6. The Bertz CT molecular complexity index is 1100. The highest BCUT2D eigenvalue weighted by molar-refractivity contribution is 7.98. The molecule has 0 saturated heterocycles. The number of aryl methyl sites for hydroxylation is 1. The summed E-state index contributed by atoms with van der Waals surface area (Å²) in [5, 5.41) is 13.0. The van der Waals surface area contributed by atoms with Crippen LogP contribution < -0.4 is 5.56 Å². The molecule has 0 amide bonds. The van der Waals surface area contributed by atoms with Crippen LogP contribution in [0.1, 0.15) is 5.56 Å². The maximum Gasteiger partial charge on any atom is 0.285 e. The third kappa shape index (κ3) is 2.18. The summed E-state index contributed by atoms with van der Waals surface area (Å²) in [4.78, 5) is 17.0. The maximum atomic E-state index is 12.8. The van der Waals surface area contributed by atoms with Gasteiger partial charge in [-0.2, -0.15) is 9.50 Å². The highest BCUT2D eigenvalue weighted by atomic mass is 32.2. The van der Waals surface area contributed by atoms with E-state index in [4.69, 9.17) is 0 Å². The van der Waals surface area contributed by atoms with Gasteiger partial charge in [0.05, 0.1) is 0 Å². The van der Waals surface area contributed by atoms with Crippen molar-refractivity contribution in [1.82, 2.24) is 29.4 Å². The van der Waals surface area contributed by atoms with Crippen molar-refractivity contribution in [2.75, 3.05) is 6.26 Å². The van der Waals surface area contributed by atoms with E-state index in [2.05, 4.69) is 20.3 Å². The molecule has 0 fully saturated rings. The average molecular weight is 324 g/mol. The van der Waals surface area contributed by atoms with Crippen molar-refractivity contribution < 1.29 is 0 Å². The Morgan fingerprint density at radius 3 is 2.83 bits per heavy atom. The molecule has 3 heterocycles. The third-order valence-electron chi connectivity index (χ3n) is 3.55. The van der Waals surface area contributed by atoms with Crippen LogP contribution in [0, 0.1) is 6.92 Å². The molecule has 0 aliphatic heterocycles. The van der Waals surface area contributed by atoms with Crippen molar-refractivity contribution in [3.05, 3.63) is 52.4 Å². The summed E-state index contributed by atoms with van der Waals surface area (Å²) >= 11 is 1.41. The molecule has 0 aliphatic rings. The third-order valence-corrected chi connectivity index (χ3v) is 4.08. The quantitative estimate of drug-likeness (QED) is 0.524. The van der Waals surface area contributed by atoms with Crippen LogP contribution in [0.25, 0.3) is 22.5 Å². The monoisotopic (exact) mass is 324 g/mol. The second-order valence-electron chi connectivity index (χ2n) is 5.07. The van der Waals surface area contributed by atoms with Crippen molar-refractivity contribution in [2.45, 2.75) is 12.1 Å². The standard InChI is InChI=1S/C15H12N6OS/c1-9-4-3-5-10(8-9)20-7-6-11-12(13(20)22)17-18-14-16-15(23-2)19-21(11)14/h3-8H,1-2H3. The average Bonchev–Trinajstić information content (AvgIpc) is 2.99. The van der Waals surface area contributed by atoms with Gasteiger partial charge in [-0.1, -0.05) is 23.9 Å². The topological polar surface area (TPSA) is 78.0 Å². The zero-order valence-electron chi connectivity index (χ0n) is 12.5. The first-order chi connectivity index (χ1) is 11.2. The van der Waals surface area contributed by atoms with Gasteiger partial charge in [-0.15, -0.1) is 15.3 Å². The predicted octanol–water partition coefficient (Wildman–Crippen LogP) is 1.85. The van der Waals surface area contributed by atoms with Crippen LogP contribution >= 0.6 is 11.8 Å². The Hall–Kier alpha value is -2.74. The molecular weight excluding hydrogens is 312 g/mol. The summed E-state index contributed by atoms with van der Waals surface area (Å²) in [6, 6.07) is 9.53. The van der Waals surface area contributed by atoms with E-state index in [1.54, 1.807) is 21.3 Å². The van der Waals surface area contributed by atoms with Crippen LogP contribution in [-0.2, 0) is 0 Å². The number of benzene rings is 1. The lowest BCUT2D eigenvalue weighted by atomic mass is 10.2. The normalized spacial score (nSPS) is 11.4. The summed E-state index contributed by atoms with van der Waals surface area (Å²) in [5.74, 6) is 0.384. The van der Waals surface area contributed by atoms with E-state index in [-0.39, 0.29) is 11.1 Å². The molecular formula is C15H12N6OS. The van der Waals surface area contributed by atoms with Crippen LogP contribution in [0.4, 0.5) is 0 Å². The van der Waals surface area contributed by atoms with Crippen molar-refractivity contribution in [3.63, 3.8) is 0 Å². The minimum atomic E-state index is -0.233. The Labute approximate surface area is 135 Å². The van der Waals surface area contributed by atoms with E-state index in [0.717, 1.165) is 11.3 Å². The Morgan fingerprint density at radius 1 is 1.17 bits per heavy atom. The number of pyridine rings is 1. The molecule has 4 rings (SSSR count). The van der Waals surface area contributed by atoms with Gasteiger partial charge in [-0.3, -0.25) is 9.36 Å². The molecule has 0 aliphatic carbocycles. The van der Waals surface area contributed by atoms with Gasteiger partial charge in [-0.05, 0) is 36.9 Å². The first-order valence-corrected chi connectivity index (χ1v) is 8.16. The molecule has 4 aromatic rings. The molecule has 23 heavy (non-hydrogen) atoms. The molecule has 7 nitrogen and oxygen atoms in total. The molecule has 0 unspecified atom stereocenters.